The van der Waals surface area contributed by atoms with E-state index in [4.69, 9.17) is 5.11 Å². The lowest BCUT2D eigenvalue weighted by atomic mass is 10.1. The standard InChI is InChI=1S/C22H24N6O.C21H23N7O3/c1-3-28-18-11-7-6-10-17(18)25-20(28)16(12-23)19-14(2)13-24-22(26-19)27-21(29)15-8-4-5-9-15;1-3-28-16-8-5-4-7-15(16)25-19(28)14(11-22)18-13(2)12-24-20(27-18)26-17(29)9-6-10-23-21(30)31/h6-7,10-11,13,15,25H,3-5,8-9H2,1-2H3,(H,24,26,27,29);4-5,7-8,12,23,25H,3,6,9-10H2,1-2H3,(H,30,31)(H,24,26,27,29). The number of amides is 3. The number of hydrogen-bond acceptors (Lipinski definition) is 13. The maximum atomic E-state index is 12.5. The summed E-state index contributed by atoms with van der Waals surface area (Å²) in [5, 5.41) is 42.8. The van der Waals surface area contributed by atoms with Crippen molar-refractivity contribution in [1.29, 1.82) is 10.5 Å². The van der Waals surface area contributed by atoms with Crippen molar-refractivity contribution in [3.05, 3.63) is 95.1 Å². The number of rotatable bonds is 11. The van der Waals surface area contributed by atoms with Gasteiger partial charge in [0.25, 0.3) is 0 Å². The second-order valence-electron chi connectivity index (χ2n) is 14.2. The number of nitriles is 2. The fourth-order valence-electron chi connectivity index (χ4n) is 7.29. The third-order valence-electron chi connectivity index (χ3n) is 10.3. The van der Waals surface area contributed by atoms with E-state index in [9.17, 15) is 24.9 Å². The first kappa shape index (κ1) is 42.1. The smallest absolute Gasteiger partial charge is 0.404 e. The molecule has 0 saturated heterocycles. The molecule has 17 nitrogen and oxygen atoms in total. The average Bonchev–Trinajstić information content (AvgIpc) is 4.01. The number of aryl methyl sites for hydroxylation is 2. The first-order chi connectivity index (χ1) is 29.1. The van der Waals surface area contributed by atoms with Crippen LogP contribution in [0.2, 0.25) is 0 Å². The summed E-state index contributed by atoms with van der Waals surface area (Å²) < 4.78 is 0. The largest absolute Gasteiger partial charge is 0.465 e. The predicted molar refractivity (Wildman–Crippen MR) is 229 cm³/mol. The molecular formula is C43H47N13O4. The number of hydrogen-bond donors (Lipinski definition) is 6. The summed E-state index contributed by atoms with van der Waals surface area (Å²) in [4.78, 5) is 56.5. The molecule has 6 N–H and O–H groups in total. The maximum absolute atomic E-state index is 12.5. The molecule has 60 heavy (non-hydrogen) atoms. The molecule has 2 aliphatic heterocycles. The molecule has 2 aromatic heterocycles. The Kier molecular flexibility index (Phi) is 13.5. The quantitative estimate of drug-likeness (QED) is 0.0663. The molecule has 3 aliphatic rings. The first-order valence-corrected chi connectivity index (χ1v) is 19.9. The first-order valence-electron chi connectivity index (χ1n) is 19.9. The van der Waals surface area contributed by atoms with Crippen LogP contribution in [0.15, 0.2) is 72.6 Å². The van der Waals surface area contributed by atoms with Crippen molar-refractivity contribution in [2.24, 2.45) is 5.92 Å². The van der Waals surface area contributed by atoms with E-state index in [0.29, 0.717) is 59.2 Å². The van der Waals surface area contributed by atoms with Gasteiger partial charge in [0, 0.05) is 44.4 Å². The number of benzene rings is 2. The van der Waals surface area contributed by atoms with Gasteiger partial charge in [0.05, 0.1) is 34.1 Å². The number of nitrogens with zero attached hydrogens (tertiary/aromatic N) is 8. The highest BCUT2D eigenvalue weighted by atomic mass is 16.4. The van der Waals surface area contributed by atoms with E-state index >= 15 is 0 Å². The number of carbonyl (C=O) groups is 3. The van der Waals surface area contributed by atoms with E-state index in [1.807, 2.05) is 74.2 Å². The normalized spacial score (nSPS) is 15.5. The molecule has 3 amide bonds. The summed E-state index contributed by atoms with van der Waals surface area (Å²) in [7, 11) is 0. The van der Waals surface area contributed by atoms with Gasteiger partial charge in [-0.3, -0.25) is 20.2 Å². The zero-order valence-electron chi connectivity index (χ0n) is 34.0. The lowest BCUT2D eigenvalue weighted by molar-refractivity contribution is -0.119. The fraction of sp³-hybridized carbons (Fsp3) is 0.326. The molecule has 4 heterocycles. The molecule has 0 unspecified atom stereocenters. The van der Waals surface area contributed by atoms with Crippen LogP contribution in [0.25, 0.3) is 11.1 Å². The zero-order valence-corrected chi connectivity index (χ0v) is 34.0. The molecule has 308 valence electrons. The third kappa shape index (κ3) is 9.43. The summed E-state index contributed by atoms with van der Waals surface area (Å²) in [6.07, 6.45) is 6.52. The number of aromatic nitrogens is 4. The molecule has 4 aromatic rings. The molecule has 1 aliphatic carbocycles. The highest BCUT2D eigenvalue weighted by molar-refractivity contribution is 5.94. The van der Waals surface area contributed by atoms with Crippen molar-refractivity contribution in [3.63, 3.8) is 0 Å². The van der Waals surface area contributed by atoms with Crippen LogP contribution in [-0.4, -0.2) is 62.6 Å². The Morgan fingerprint density at radius 2 is 1.27 bits per heavy atom. The second kappa shape index (κ2) is 19.3. The van der Waals surface area contributed by atoms with Crippen LogP contribution in [0.5, 0.6) is 0 Å². The van der Waals surface area contributed by atoms with Crippen molar-refractivity contribution in [2.75, 3.05) is 50.7 Å². The van der Waals surface area contributed by atoms with Gasteiger partial charge in [0.2, 0.25) is 23.7 Å². The van der Waals surface area contributed by atoms with Crippen molar-refractivity contribution in [2.45, 2.75) is 66.2 Å². The molecule has 0 spiro atoms. The van der Waals surface area contributed by atoms with Crippen LogP contribution in [0.3, 0.4) is 0 Å². The SMILES string of the molecule is CCN1C(=C(C#N)c2nc(NC(=O)C3CCCC3)ncc2C)Nc2ccccc21.CCN1C(=C(C#N)c2nc(NC(=O)CCCNC(=O)O)ncc2C)Nc2ccccc21. The Morgan fingerprint density at radius 1 is 0.783 bits per heavy atom. The number of para-hydroxylation sites is 4. The minimum absolute atomic E-state index is 0.0266. The molecule has 1 fully saturated rings. The van der Waals surface area contributed by atoms with Gasteiger partial charge in [-0.2, -0.15) is 10.5 Å². The van der Waals surface area contributed by atoms with Crippen LogP contribution >= 0.6 is 0 Å². The van der Waals surface area contributed by atoms with E-state index in [0.717, 1.165) is 54.0 Å². The Hall–Kier alpha value is -7.53. The predicted octanol–water partition coefficient (Wildman–Crippen LogP) is 6.97. The zero-order chi connectivity index (χ0) is 42.8. The number of fused-ring (bicyclic) bond motifs is 2. The van der Waals surface area contributed by atoms with Crippen LogP contribution in [-0.2, 0) is 9.59 Å². The topological polar surface area (TPSA) is 237 Å². The molecule has 0 atom stereocenters. The minimum atomic E-state index is -1.13. The molecule has 7 rings (SSSR count). The van der Waals surface area contributed by atoms with Gasteiger partial charge in [0.1, 0.15) is 34.9 Å². The fourth-order valence-corrected chi connectivity index (χ4v) is 7.29. The highest BCUT2D eigenvalue weighted by Crippen LogP contribution is 2.40. The van der Waals surface area contributed by atoms with Crippen molar-refractivity contribution in [3.8, 4) is 12.1 Å². The Balaban J connectivity index is 0.000000202. The van der Waals surface area contributed by atoms with Gasteiger partial charge in [-0.15, -0.1) is 0 Å². The number of anilines is 6. The van der Waals surface area contributed by atoms with Gasteiger partial charge >= 0.3 is 6.09 Å². The monoisotopic (exact) mass is 809 g/mol. The van der Waals surface area contributed by atoms with Crippen molar-refractivity contribution >= 4 is 63.7 Å². The number of carboxylic acid groups (broad SMARTS) is 1. The third-order valence-corrected chi connectivity index (χ3v) is 10.3. The van der Waals surface area contributed by atoms with Crippen molar-refractivity contribution in [1.82, 2.24) is 25.3 Å². The summed E-state index contributed by atoms with van der Waals surface area (Å²) in [6, 6.07) is 20.3. The molecule has 1 saturated carbocycles. The van der Waals surface area contributed by atoms with E-state index in [1.54, 1.807) is 19.3 Å². The number of nitrogens with one attached hydrogen (secondary N) is 5. The Morgan fingerprint density at radius 3 is 1.73 bits per heavy atom. The Labute approximate surface area is 348 Å². The molecule has 17 heteroatoms. The second-order valence-corrected chi connectivity index (χ2v) is 14.2. The van der Waals surface area contributed by atoms with E-state index < -0.39 is 6.09 Å². The number of allylic oxidation sites excluding steroid dienone is 2. The van der Waals surface area contributed by atoms with Gasteiger partial charge in [0.15, 0.2) is 0 Å². The summed E-state index contributed by atoms with van der Waals surface area (Å²) in [5.74, 6) is 1.31. The average molecular weight is 810 g/mol. The molecule has 0 bridgehead atoms. The maximum Gasteiger partial charge on any atom is 0.404 e. The minimum Gasteiger partial charge on any atom is -0.465 e. The highest BCUT2D eigenvalue weighted by Gasteiger charge is 2.29. The summed E-state index contributed by atoms with van der Waals surface area (Å²) >= 11 is 0. The van der Waals surface area contributed by atoms with Crippen LogP contribution in [0.1, 0.15) is 74.9 Å². The Bertz CT molecular complexity index is 2430. The summed E-state index contributed by atoms with van der Waals surface area (Å²) in [5.41, 5.74) is 7.07. The van der Waals surface area contributed by atoms with Crippen LogP contribution in [0.4, 0.5) is 39.4 Å². The van der Waals surface area contributed by atoms with Gasteiger partial charge in [-0.05, 0) is 82.3 Å². The van der Waals surface area contributed by atoms with Crippen LogP contribution < -0.4 is 36.4 Å². The molecular weight excluding hydrogens is 763 g/mol. The molecule has 2 aromatic carbocycles. The van der Waals surface area contributed by atoms with E-state index in [2.05, 4.69) is 63.6 Å². The van der Waals surface area contributed by atoms with Crippen LogP contribution in [0, 0.1) is 42.4 Å². The lowest BCUT2D eigenvalue weighted by Gasteiger charge is -2.19. The van der Waals surface area contributed by atoms with Gasteiger partial charge in [-0.25, -0.2) is 24.7 Å². The van der Waals surface area contributed by atoms with E-state index in [1.165, 1.54) is 0 Å². The lowest BCUT2D eigenvalue weighted by Crippen LogP contribution is -2.23. The van der Waals surface area contributed by atoms with Gasteiger partial charge in [-0.1, -0.05) is 37.1 Å². The summed E-state index contributed by atoms with van der Waals surface area (Å²) in [6.45, 7) is 9.24. The number of carbonyl (C=O) groups excluding carboxylic acids is 2. The van der Waals surface area contributed by atoms with Gasteiger partial charge < -0.3 is 30.9 Å². The molecule has 0 radical (unpaired) electrons. The van der Waals surface area contributed by atoms with Crippen molar-refractivity contribution < 1.29 is 19.5 Å². The van der Waals surface area contributed by atoms with E-state index in [-0.39, 0.29) is 42.6 Å².